The summed E-state index contributed by atoms with van der Waals surface area (Å²) in [6.07, 6.45) is 50.8. The third kappa shape index (κ3) is 37.2. The highest BCUT2D eigenvalue weighted by Gasteiger charge is 2.00. The molecule has 0 aromatic heterocycles. The standard InChI is InChI=1S/C40H79NO/c1-3-5-7-9-11-13-15-17-19-21-22-23-24-26-28-30-32-34-36-38-40(42)41-39-37-35-33-31-29-27-25-20-18-16-14-12-10-8-6-4-2/h30,32H,3-29,31,33-39H2,1-2H3,(H,41,42). The summed E-state index contributed by atoms with van der Waals surface area (Å²) >= 11 is 0. The zero-order valence-electron chi connectivity index (χ0n) is 29.3. The third-order valence-electron chi connectivity index (χ3n) is 9.02. The van der Waals surface area contributed by atoms with Gasteiger partial charge in [-0.1, -0.05) is 206 Å². The van der Waals surface area contributed by atoms with Gasteiger partial charge in [0.1, 0.15) is 0 Å². The van der Waals surface area contributed by atoms with Gasteiger partial charge in [0.25, 0.3) is 0 Å². The molecule has 0 fully saturated rings. The minimum absolute atomic E-state index is 0.247. The minimum Gasteiger partial charge on any atom is -0.356 e. The lowest BCUT2D eigenvalue weighted by molar-refractivity contribution is -0.121. The lowest BCUT2D eigenvalue weighted by Crippen LogP contribution is -2.23. The number of carbonyl (C=O) groups is 1. The van der Waals surface area contributed by atoms with Crippen LogP contribution < -0.4 is 5.32 Å². The summed E-state index contributed by atoms with van der Waals surface area (Å²) in [5.41, 5.74) is 0. The Kier molecular flexibility index (Phi) is 37.5. The van der Waals surface area contributed by atoms with E-state index in [-0.39, 0.29) is 5.91 Å². The molecule has 0 spiro atoms. The molecule has 0 unspecified atom stereocenters. The molecule has 0 radical (unpaired) electrons. The van der Waals surface area contributed by atoms with Crippen molar-refractivity contribution in [3.63, 3.8) is 0 Å². The van der Waals surface area contributed by atoms with Crippen molar-refractivity contribution in [2.75, 3.05) is 6.54 Å². The summed E-state index contributed by atoms with van der Waals surface area (Å²) in [7, 11) is 0. The van der Waals surface area contributed by atoms with Gasteiger partial charge in [-0.3, -0.25) is 4.79 Å². The van der Waals surface area contributed by atoms with Crippen molar-refractivity contribution in [1.82, 2.24) is 5.32 Å². The molecule has 42 heavy (non-hydrogen) atoms. The molecule has 2 nitrogen and oxygen atoms in total. The highest BCUT2D eigenvalue weighted by molar-refractivity contribution is 5.75. The van der Waals surface area contributed by atoms with Crippen LogP contribution in [0, 0.1) is 0 Å². The van der Waals surface area contributed by atoms with E-state index in [1.807, 2.05) is 0 Å². The fourth-order valence-corrected chi connectivity index (χ4v) is 6.06. The summed E-state index contributed by atoms with van der Waals surface area (Å²) in [5, 5.41) is 3.13. The molecule has 0 aliphatic rings. The van der Waals surface area contributed by atoms with Gasteiger partial charge in [0.05, 0.1) is 0 Å². The van der Waals surface area contributed by atoms with Gasteiger partial charge in [-0.05, 0) is 32.1 Å². The molecule has 2 heteroatoms. The molecule has 250 valence electrons. The highest BCUT2D eigenvalue weighted by Crippen LogP contribution is 2.15. The Labute approximate surface area is 266 Å². The van der Waals surface area contributed by atoms with Crippen molar-refractivity contribution < 1.29 is 4.79 Å². The Morgan fingerprint density at radius 1 is 0.381 bits per heavy atom. The molecule has 0 aromatic carbocycles. The van der Waals surface area contributed by atoms with E-state index in [0.29, 0.717) is 6.42 Å². The molecule has 0 aliphatic carbocycles. The molecular formula is C40H79NO. The number of unbranched alkanes of at least 4 members (excludes halogenated alkanes) is 30. The molecular weight excluding hydrogens is 510 g/mol. The molecule has 0 bridgehead atoms. The van der Waals surface area contributed by atoms with Crippen LogP contribution in [0.5, 0.6) is 0 Å². The predicted octanol–water partition coefficient (Wildman–Crippen LogP) is 14.0. The molecule has 0 heterocycles. The Bertz CT molecular complexity index is 528. The van der Waals surface area contributed by atoms with Crippen LogP contribution in [0.4, 0.5) is 0 Å². The smallest absolute Gasteiger partial charge is 0.220 e. The van der Waals surface area contributed by atoms with Crippen molar-refractivity contribution in [3.8, 4) is 0 Å². The van der Waals surface area contributed by atoms with E-state index >= 15 is 0 Å². The van der Waals surface area contributed by atoms with E-state index in [9.17, 15) is 4.79 Å². The summed E-state index contributed by atoms with van der Waals surface area (Å²) in [6.45, 7) is 5.46. The highest BCUT2D eigenvalue weighted by atomic mass is 16.1. The number of nitrogens with one attached hydrogen (secondary N) is 1. The van der Waals surface area contributed by atoms with Crippen LogP contribution in [0.15, 0.2) is 12.2 Å². The zero-order valence-corrected chi connectivity index (χ0v) is 29.3. The van der Waals surface area contributed by atoms with Crippen molar-refractivity contribution in [1.29, 1.82) is 0 Å². The lowest BCUT2D eigenvalue weighted by atomic mass is 10.0. The van der Waals surface area contributed by atoms with Crippen LogP contribution in [-0.4, -0.2) is 12.5 Å². The normalized spacial score (nSPS) is 11.6. The van der Waals surface area contributed by atoms with Crippen molar-refractivity contribution in [2.24, 2.45) is 0 Å². The van der Waals surface area contributed by atoms with Crippen LogP contribution in [0.3, 0.4) is 0 Å². The van der Waals surface area contributed by atoms with E-state index < -0.39 is 0 Å². The van der Waals surface area contributed by atoms with Crippen LogP contribution in [0.1, 0.15) is 232 Å². The maximum absolute atomic E-state index is 12.1. The lowest BCUT2D eigenvalue weighted by Gasteiger charge is -2.05. The first-order valence-electron chi connectivity index (χ1n) is 19.7. The minimum atomic E-state index is 0.247. The monoisotopic (exact) mass is 590 g/mol. The predicted molar refractivity (Wildman–Crippen MR) is 190 cm³/mol. The second-order valence-corrected chi connectivity index (χ2v) is 13.4. The first-order valence-corrected chi connectivity index (χ1v) is 19.7. The van der Waals surface area contributed by atoms with Crippen molar-refractivity contribution >= 4 is 5.91 Å². The molecule has 0 saturated heterocycles. The quantitative estimate of drug-likeness (QED) is 0.0571. The maximum atomic E-state index is 12.1. The van der Waals surface area contributed by atoms with Crippen molar-refractivity contribution in [3.05, 3.63) is 12.2 Å². The second-order valence-electron chi connectivity index (χ2n) is 13.4. The van der Waals surface area contributed by atoms with E-state index in [1.54, 1.807) is 0 Å². The SMILES string of the molecule is CCCCCCCCCCCCCCCCC=CCCCC(=O)NCCCCCCCCCCCCCCCCCC. The Morgan fingerprint density at radius 2 is 0.667 bits per heavy atom. The first kappa shape index (κ1) is 41.2. The van der Waals surface area contributed by atoms with Gasteiger partial charge in [-0.25, -0.2) is 0 Å². The van der Waals surface area contributed by atoms with E-state index in [4.69, 9.17) is 0 Å². The summed E-state index contributed by atoms with van der Waals surface area (Å²) in [4.78, 5) is 12.1. The van der Waals surface area contributed by atoms with E-state index in [1.165, 1.54) is 193 Å². The molecule has 0 aromatic rings. The number of carbonyl (C=O) groups excluding carboxylic acids is 1. The first-order chi connectivity index (χ1) is 20.8. The van der Waals surface area contributed by atoms with Gasteiger partial charge in [0.2, 0.25) is 5.91 Å². The molecule has 1 N–H and O–H groups in total. The summed E-state index contributed by atoms with van der Waals surface area (Å²) < 4.78 is 0. The molecule has 0 atom stereocenters. The fraction of sp³-hybridized carbons (Fsp3) is 0.925. The Hall–Kier alpha value is -0.790. The number of amides is 1. The number of rotatable bonds is 36. The molecule has 0 saturated carbocycles. The molecule has 0 rings (SSSR count). The second kappa shape index (κ2) is 38.2. The maximum Gasteiger partial charge on any atom is 0.220 e. The average Bonchev–Trinajstić information content (AvgIpc) is 3.00. The van der Waals surface area contributed by atoms with Gasteiger partial charge >= 0.3 is 0 Å². The van der Waals surface area contributed by atoms with Gasteiger partial charge in [-0.2, -0.15) is 0 Å². The number of hydrogen-bond acceptors (Lipinski definition) is 1. The topological polar surface area (TPSA) is 29.1 Å². The zero-order chi connectivity index (χ0) is 30.4. The van der Waals surface area contributed by atoms with Gasteiger partial charge in [0, 0.05) is 13.0 Å². The van der Waals surface area contributed by atoms with Crippen molar-refractivity contribution in [2.45, 2.75) is 232 Å². The number of allylic oxidation sites excluding steroid dienone is 2. The summed E-state index contributed by atoms with van der Waals surface area (Å²) in [5.74, 6) is 0.247. The van der Waals surface area contributed by atoms with Gasteiger partial charge in [0.15, 0.2) is 0 Å². The third-order valence-corrected chi connectivity index (χ3v) is 9.02. The van der Waals surface area contributed by atoms with E-state index in [0.717, 1.165) is 25.8 Å². The molecule has 1 amide bonds. The Balaban J connectivity index is 3.20. The fourth-order valence-electron chi connectivity index (χ4n) is 6.06. The van der Waals surface area contributed by atoms with Crippen LogP contribution >= 0.6 is 0 Å². The molecule has 0 aliphatic heterocycles. The summed E-state index contributed by atoms with van der Waals surface area (Å²) in [6, 6.07) is 0. The van der Waals surface area contributed by atoms with Gasteiger partial charge in [-0.15, -0.1) is 0 Å². The van der Waals surface area contributed by atoms with E-state index in [2.05, 4.69) is 31.3 Å². The average molecular weight is 590 g/mol. The van der Waals surface area contributed by atoms with Gasteiger partial charge < -0.3 is 5.32 Å². The van der Waals surface area contributed by atoms with Crippen LogP contribution in [-0.2, 0) is 4.79 Å². The van der Waals surface area contributed by atoms with Crippen LogP contribution in [0.25, 0.3) is 0 Å². The largest absolute Gasteiger partial charge is 0.356 e. The van der Waals surface area contributed by atoms with Crippen LogP contribution in [0.2, 0.25) is 0 Å². The Morgan fingerprint density at radius 3 is 1.02 bits per heavy atom. The number of hydrogen-bond donors (Lipinski definition) is 1.